The summed E-state index contributed by atoms with van der Waals surface area (Å²) in [5.41, 5.74) is 2.44. The van der Waals surface area contributed by atoms with E-state index in [9.17, 15) is 29.1 Å². The Morgan fingerprint density at radius 2 is 1.70 bits per heavy atom. The first-order valence-electron chi connectivity index (χ1n) is 13.7. The summed E-state index contributed by atoms with van der Waals surface area (Å²) in [6, 6.07) is 16.3. The third kappa shape index (κ3) is 10.1. The minimum absolute atomic E-state index is 0.0272. The number of rotatable bonds is 16. The molecule has 0 spiro atoms. The molecule has 0 fully saturated rings. The molecule has 9 nitrogen and oxygen atoms in total. The second-order valence-electron chi connectivity index (χ2n) is 10.3. The van der Waals surface area contributed by atoms with Gasteiger partial charge in [0.15, 0.2) is 11.6 Å². The van der Waals surface area contributed by atoms with Crippen molar-refractivity contribution in [3.63, 3.8) is 0 Å². The van der Waals surface area contributed by atoms with Crippen molar-refractivity contribution in [2.75, 3.05) is 12.9 Å². The maximum atomic E-state index is 13.3. The van der Waals surface area contributed by atoms with Crippen molar-refractivity contribution >= 4 is 52.4 Å². The summed E-state index contributed by atoms with van der Waals surface area (Å²) in [5, 5.41) is 14.7. The predicted molar refractivity (Wildman–Crippen MR) is 169 cm³/mol. The zero-order valence-electron chi connectivity index (χ0n) is 24.5. The number of Topliss-reactive ketones (excluding diaryl/α,β-unsaturated/α-hetero) is 2. The Bertz CT molecular complexity index is 1450. The summed E-state index contributed by atoms with van der Waals surface area (Å²) in [4.78, 5) is 64.0. The van der Waals surface area contributed by atoms with E-state index < -0.39 is 42.1 Å². The van der Waals surface area contributed by atoms with Crippen LogP contribution in [0, 0.1) is 5.92 Å². The zero-order valence-corrected chi connectivity index (χ0v) is 26.2. The van der Waals surface area contributed by atoms with Gasteiger partial charge in [-0.1, -0.05) is 44.2 Å². The molecule has 2 amide bonds. The molecule has 2 aromatic carbocycles. The van der Waals surface area contributed by atoms with Crippen molar-refractivity contribution in [1.82, 2.24) is 10.6 Å². The summed E-state index contributed by atoms with van der Waals surface area (Å²) >= 11 is 2.69. The molecule has 0 saturated heterocycles. The number of aliphatic carboxylic acids is 1. The highest BCUT2D eigenvalue weighted by Crippen LogP contribution is 2.32. The third-order valence-electron chi connectivity index (χ3n) is 6.57. The highest BCUT2D eigenvalue weighted by molar-refractivity contribution is 7.99. The van der Waals surface area contributed by atoms with Crippen LogP contribution in [0.25, 0.3) is 10.4 Å². The molecular weight excluding hydrogens is 588 g/mol. The van der Waals surface area contributed by atoms with E-state index in [4.69, 9.17) is 4.74 Å². The van der Waals surface area contributed by atoms with E-state index in [0.29, 0.717) is 21.9 Å². The third-order valence-corrected chi connectivity index (χ3v) is 8.84. The lowest BCUT2D eigenvalue weighted by Gasteiger charge is -2.25. The molecule has 0 radical (unpaired) electrons. The second-order valence-corrected chi connectivity index (χ2v) is 12.4. The van der Waals surface area contributed by atoms with E-state index in [1.165, 1.54) is 37.1 Å². The zero-order chi connectivity index (χ0) is 31.5. The fourth-order valence-corrected chi connectivity index (χ4v) is 6.14. The molecule has 0 aliphatic rings. The lowest BCUT2D eigenvalue weighted by molar-refractivity contribution is -0.140. The summed E-state index contributed by atoms with van der Waals surface area (Å²) in [6.07, 6.45) is -0.653. The Hall–Kier alpha value is -3.96. The van der Waals surface area contributed by atoms with Crippen molar-refractivity contribution in [3.8, 4) is 16.2 Å². The van der Waals surface area contributed by atoms with Crippen molar-refractivity contribution in [2.24, 2.45) is 5.92 Å². The molecule has 0 bridgehead atoms. The van der Waals surface area contributed by atoms with Gasteiger partial charge < -0.3 is 20.5 Å². The van der Waals surface area contributed by atoms with E-state index in [-0.39, 0.29) is 23.9 Å². The molecule has 0 saturated carbocycles. The van der Waals surface area contributed by atoms with Crippen LogP contribution >= 0.6 is 23.1 Å². The van der Waals surface area contributed by atoms with E-state index in [1.54, 1.807) is 26.0 Å². The molecule has 0 aliphatic heterocycles. The highest BCUT2D eigenvalue weighted by Gasteiger charge is 2.30. The molecule has 1 unspecified atom stereocenters. The maximum Gasteiger partial charge on any atom is 0.305 e. The first-order valence-corrected chi connectivity index (χ1v) is 15.7. The van der Waals surface area contributed by atoms with Crippen molar-refractivity contribution in [3.05, 3.63) is 76.7 Å². The van der Waals surface area contributed by atoms with Gasteiger partial charge in [0.2, 0.25) is 11.8 Å². The van der Waals surface area contributed by atoms with Gasteiger partial charge in [-0.15, -0.1) is 23.1 Å². The van der Waals surface area contributed by atoms with Gasteiger partial charge >= 0.3 is 5.97 Å². The molecule has 3 N–H and O–H groups in total. The number of thioether (sulfide) groups is 1. The summed E-state index contributed by atoms with van der Waals surface area (Å²) in [5.74, 6) is -1.99. The van der Waals surface area contributed by atoms with Crippen LogP contribution in [0.5, 0.6) is 5.75 Å². The van der Waals surface area contributed by atoms with Crippen molar-refractivity contribution < 1.29 is 33.8 Å². The molecule has 228 valence electrons. The number of thiophene rings is 1. The predicted octanol–water partition coefficient (Wildman–Crippen LogP) is 4.77. The Morgan fingerprint density at radius 3 is 2.30 bits per heavy atom. The SMILES string of the molecule is COc1ccc(-c2ccc(C(C)=O)s2)cc1CC(=O)N[C@H](C(=O)NC(CC(=O)O)C(=O)CSCc1ccccc1)C(C)C. The summed E-state index contributed by atoms with van der Waals surface area (Å²) < 4.78 is 5.45. The molecule has 0 aliphatic carbocycles. The Morgan fingerprint density at radius 1 is 0.977 bits per heavy atom. The average Bonchev–Trinajstić information content (AvgIpc) is 3.46. The van der Waals surface area contributed by atoms with Gasteiger partial charge in [0.25, 0.3) is 0 Å². The normalized spacial score (nSPS) is 12.3. The number of benzene rings is 2. The molecule has 1 heterocycles. The summed E-state index contributed by atoms with van der Waals surface area (Å²) in [6.45, 7) is 5.00. The molecule has 43 heavy (non-hydrogen) atoms. The number of ketones is 2. The smallest absolute Gasteiger partial charge is 0.305 e. The number of carbonyl (C=O) groups excluding carboxylic acids is 4. The monoisotopic (exact) mass is 624 g/mol. The molecule has 1 aromatic heterocycles. The molecular formula is C32H36N2O7S2. The van der Waals surface area contributed by atoms with Gasteiger partial charge in [-0.3, -0.25) is 24.0 Å². The number of carboxylic acids is 1. The number of hydrogen-bond donors (Lipinski definition) is 3. The van der Waals surface area contributed by atoms with Crippen LogP contribution in [-0.2, 0) is 31.4 Å². The number of carboxylic acid groups (broad SMARTS) is 1. The van der Waals surface area contributed by atoms with E-state index in [2.05, 4.69) is 10.6 Å². The van der Waals surface area contributed by atoms with Gasteiger partial charge in [-0.05, 0) is 54.3 Å². The Balaban J connectivity index is 1.68. The van der Waals surface area contributed by atoms with Gasteiger partial charge in [0, 0.05) is 16.2 Å². The van der Waals surface area contributed by atoms with Crippen LogP contribution in [0.3, 0.4) is 0 Å². The van der Waals surface area contributed by atoms with Gasteiger partial charge in [0.05, 0.1) is 36.6 Å². The fourth-order valence-electron chi connectivity index (χ4n) is 4.31. The standard InChI is InChI=1S/C32H36N2O7S2/c1-19(2)31(32(40)33-24(16-30(38)39)25(36)18-42-17-21-8-6-5-7-9-21)34-29(37)15-23-14-22(10-11-26(23)41-4)28-13-12-27(43-28)20(3)35/h5-14,19,24,31H,15-18H2,1-4H3,(H,33,40)(H,34,37)(H,38,39)/t24?,31-/m0/s1. The van der Waals surface area contributed by atoms with Crippen LogP contribution in [0.4, 0.5) is 0 Å². The van der Waals surface area contributed by atoms with Crippen LogP contribution in [-0.4, -0.2) is 59.4 Å². The fraction of sp³-hybridized carbons (Fsp3) is 0.344. The van der Waals surface area contributed by atoms with Gasteiger partial charge in [0.1, 0.15) is 11.8 Å². The Kier molecular flexibility index (Phi) is 12.5. The molecule has 2 atom stereocenters. The quantitative estimate of drug-likeness (QED) is 0.194. The minimum Gasteiger partial charge on any atom is -0.496 e. The van der Waals surface area contributed by atoms with E-state index in [0.717, 1.165) is 16.0 Å². The lowest BCUT2D eigenvalue weighted by atomic mass is 10.0. The largest absolute Gasteiger partial charge is 0.496 e. The second kappa shape index (κ2) is 16.0. The van der Waals surface area contributed by atoms with E-state index in [1.807, 2.05) is 48.5 Å². The van der Waals surface area contributed by atoms with Gasteiger partial charge in [-0.2, -0.15) is 0 Å². The number of carbonyl (C=O) groups is 5. The number of ether oxygens (including phenoxy) is 1. The van der Waals surface area contributed by atoms with Crippen LogP contribution < -0.4 is 15.4 Å². The average molecular weight is 625 g/mol. The van der Waals surface area contributed by atoms with Crippen molar-refractivity contribution in [2.45, 2.75) is 51.4 Å². The molecule has 3 rings (SSSR count). The first kappa shape index (κ1) is 33.5. The summed E-state index contributed by atoms with van der Waals surface area (Å²) in [7, 11) is 1.50. The maximum absolute atomic E-state index is 13.3. The molecule has 3 aromatic rings. The molecule has 11 heteroatoms. The van der Waals surface area contributed by atoms with Crippen molar-refractivity contribution in [1.29, 1.82) is 0 Å². The van der Waals surface area contributed by atoms with Crippen LogP contribution in [0.15, 0.2) is 60.7 Å². The highest BCUT2D eigenvalue weighted by atomic mass is 32.2. The van der Waals surface area contributed by atoms with E-state index >= 15 is 0 Å². The number of amides is 2. The Labute approximate surface area is 259 Å². The van der Waals surface area contributed by atoms with Gasteiger partial charge in [-0.25, -0.2) is 0 Å². The number of nitrogens with one attached hydrogen (secondary N) is 2. The number of hydrogen-bond acceptors (Lipinski definition) is 8. The first-order chi connectivity index (χ1) is 20.5. The minimum atomic E-state index is -1.23. The van der Waals surface area contributed by atoms with Crippen LogP contribution in [0.1, 0.15) is 48.0 Å². The van der Waals surface area contributed by atoms with Crippen LogP contribution in [0.2, 0.25) is 0 Å². The topological polar surface area (TPSA) is 139 Å². The number of methoxy groups -OCH3 is 1. The lowest BCUT2D eigenvalue weighted by Crippen LogP contribution is -2.54.